The Kier molecular flexibility index (Phi) is 5.39. The molecule has 0 radical (unpaired) electrons. The number of methoxy groups -OCH3 is 1. The second-order valence-electron chi connectivity index (χ2n) is 5.26. The Morgan fingerprint density at radius 1 is 1.22 bits per heavy atom. The molecule has 1 heterocycles. The average Bonchev–Trinajstić information content (AvgIpc) is 2.85. The Hall–Kier alpha value is -2.34. The van der Waals surface area contributed by atoms with Crippen LogP contribution in [0.4, 0.5) is 5.69 Å². The topological polar surface area (TPSA) is 58.6 Å². The van der Waals surface area contributed by atoms with Gasteiger partial charge in [0.15, 0.2) is 0 Å². The molecule has 0 saturated carbocycles. The van der Waals surface area contributed by atoms with E-state index < -0.39 is 0 Å². The Bertz CT molecular complexity index is 707. The lowest BCUT2D eigenvalue weighted by molar-refractivity contribution is -0.116. The number of benzene rings is 1. The summed E-state index contributed by atoms with van der Waals surface area (Å²) in [6.45, 7) is 3.88. The predicted octanol–water partition coefficient (Wildman–Crippen LogP) is 3.08. The van der Waals surface area contributed by atoms with E-state index in [1.807, 2.05) is 19.9 Å². The molecule has 1 aromatic carbocycles. The van der Waals surface area contributed by atoms with Gasteiger partial charge in [-0.2, -0.15) is 0 Å². The molecule has 0 bridgehead atoms. The van der Waals surface area contributed by atoms with Crippen molar-refractivity contribution in [2.75, 3.05) is 26.0 Å². The molecule has 0 aliphatic heterocycles. The van der Waals surface area contributed by atoms with Crippen molar-refractivity contribution in [3.05, 3.63) is 45.6 Å². The monoisotopic (exact) mass is 332 g/mol. The summed E-state index contributed by atoms with van der Waals surface area (Å²) in [7, 11) is 3.21. The van der Waals surface area contributed by atoms with Crippen molar-refractivity contribution in [3.8, 4) is 5.75 Å². The zero-order valence-corrected chi connectivity index (χ0v) is 14.5. The van der Waals surface area contributed by atoms with Crippen LogP contribution in [-0.4, -0.2) is 37.4 Å². The number of thiophene rings is 1. The van der Waals surface area contributed by atoms with Gasteiger partial charge in [-0.25, -0.2) is 0 Å². The van der Waals surface area contributed by atoms with E-state index in [-0.39, 0.29) is 18.4 Å². The van der Waals surface area contributed by atoms with Crippen molar-refractivity contribution < 1.29 is 14.3 Å². The van der Waals surface area contributed by atoms with Crippen LogP contribution in [-0.2, 0) is 4.79 Å². The van der Waals surface area contributed by atoms with E-state index in [4.69, 9.17) is 4.74 Å². The van der Waals surface area contributed by atoms with Crippen LogP contribution in [0.15, 0.2) is 30.3 Å². The van der Waals surface area contributed by atoms with Gasteiger partial charge in [-0.05, 0) is 44.2 Å². The van der Waals surface area contributed by atoms with Crippen LogP contribution in [0, 0.1) is 13.8 Å². The normalized spacial score (nSPS) is 10.3. The summed E-state index contributed by atoms with van der Waals surface area (Å²) in [5, 5.41) is 2.76. The van der Waals surface area contributed by atoms with Crippen molar-refractivity contribution >= 4 is 28.8 Å². The SMILES string of the molecule is COc1ccc(NC(=O)CN(C)C(=O)c2cc(C)sc2C)cc1. The van der Waals surface area contributed by atoms with Crippen LogP contribution >= 0.6 is 11.3 Å². The number of ether oxygens (including phenoxy) is 1. The van der Waals surface area contributed by atoms with E-state index in [0.717, 1.165) is 15.5 Å². The molecule has 2 aromatic rings. The minimum Gasteiger partial charge on any atom is -0.497 e. The minimum absolute atomic E-state index is 0.000797. The molecule has 0 aliphatic rings. The standard InChI is InChI=1S/C17H20N2O3S/c1-11-9-15(12(2)23-11)17(21)19(3)10-16(20)18-13-5-7-14(22-4)8-6-13/h5-9H,10H2,1-4H3,(H,18,20). The molecule has 23 heavy (non-hydrogen) atoms. The van der Waals surface area contributed by atoms with Gasteiger partial charge in [-0.1, -0.05) is 0 Å². The van der Waals surface area contributed by atoms with Crippen LogP contribution in [0.25, 0.3) is 0 Å². The molecule has 6 heteroatoms. The number of hydrogen-bond acceptors (Lipinski definition) is 4. The van der Waals surface area contributed by atoms with Gasteiger partial charge in [0.05, 0.1) is 19.2 Å². The maximum Gasteiger partial charge on any atom is 0.255 e. The molecule has 0 spiro atoms. The number of amides is 2. The number of carbonyl (C=O) groups is 2. The Morgan fingerprint density at radius 2 is 1.87 bits per heavy atom. The highest BCUT2D eigenvalue weighted by molar-refractivity contribution is 7.12. The van der Waals surface area contributed by atoms with Crippen molar-refractivity contribution in [2.45, 2.75) is 13.8 Å². The zero-order valence-electron chi connectivity index (χ0n) is 13.7. The van der Waals surface area contributed by atoms with Gasteiger partial charge in [0.1, 0.15) is 5.75 Å². The van der Waals surface area contributed by atoms with E-state index in [2.05, 4.69) is 5.32 Å². The van der Waals surface area contributed by atoms with Crippen LogP contribution < -0.4 is 10.1 Å². The smallest absolute Gasteiger partial charge is 0.255 e. The summed E-state index contributed by atoms with van der Waals surface area (Å²) in [6, 6.07) is 8.90. The molecule has 5 nitrogen and oxygen atoms in total. The Balaban J connectivity index is 1.96. The quantitative estimate of drug-likeness (QED) is 0.915. The summed E-state index contributed by atoms with van der Waals surface area (Å²) in [5.41, 5.74) is 1.33. The molecule has 2 amide bonds. The van der Waals surface area contributed by atoms with Gasteiger partial charge in [-0.15, -0.1) is 11.3 Å². The molecular weight excluding hydrogens is 312 g/mol. The lowest BCUT2D eigenvalue weighted by atomic mass is 10.2. The first-order valence-corrected chi connectivity index (χ1v) is 7.98. The number of aryl methyl sites for hydroxylation is 2. The maximum absolute atomic E-state index is 12.4. The highest BCUT2D eigenvalue weighted by atomic mass is 32.1. The second-order valence-corrected chi connectivity index (χ2v) is 6.73. The number of carbonyl (C=O) groups excluding carboxylic acids is 2. The van der Waals surface area contributed by atoms with Crippen LogP contribution in [0.2, 0.25) is 0 Å². The van der Waals surface area contributed by atoms with E-state index in [0.29, 0.717) is 11.3 Å². The maximum atomic E-state index is 12.4. The molecule has 1 aromatic heterocycles. The van der Waals surface area contributed by atoms with E-state index in [1.165, 1.54) is 4.90 Å². The van der Waals surface area contributed by atoms with Gasteiger partial charge < -0.3 is 15.0 Å². The second kappa shape index (κ2) is 7.28. The first kappa shape index (κ1) is 17.0. The lowest BCUT2D eigenvalue weighted by Crippen LogP contribution is -2.35. The number of nitrogens with one attached hydrogen (secondary N) is 1. The molecule has 1 N–H and O–H groups in total. The summed E-state index contributed by atoms with van der Waals surface area (Å²) in [6.07, 6.45) is 0. The number of likely N-dealkylation sites (N-methyl/N-ethyl adjacent to an activating group) is 1. The number of rotatable bonds is 5. The van der Waals surface area contributed by atoms with Crippen molar-refractivity contribution in [1.29, 1.82) is 0 Å². The number of hydrogen-bond donors (Lipinski definition) is 1. The van der Waals surface area contributed by atoms with Crippen LogP contribution in [0.3, 0.4) is 0 Å². The zero-order chi connectivity index (χ0) is 17.0. The molecule has 0 saturated heterocycles. The summed E-state index contributed by atoms with van der Waals surface area (Å²) < 4.78 is 5.07. The van der Waals surface area contributed by atoms with E-state index in [1.54, 1.807) is 49.8 Å². The van der Waals surface area contributed by atoms with Gasteiger partial charge >= 0.3 is 0 Å². The third-order valence-electron chi connectivity index (χ3n) is 3.37. The van der Waals surface area contributed by atoms with Crippen molar-refractivity contribution in [2.24, 2.45) is 0 Å². The van der Waals surface area contributed by atoms with Crippen molar-refractivity contribution in [1.82, 2.24) is 4.90 Å². The fourth-order valence-electron chi connectivity index (χ4n) is 2.21. The molecule has 122 valence electrons. The van der Waals surface area contributed by atoms with E-state index >= 15 is 0 Å². The van der Waals surface area contributed by atoms with Gasteiger partial charge in [0.2, 0.25) is 5.91 Å². The molecule has 0 atom stereocenters. The van der Waals surface area contributed by atoms with Crippen molar-refractivity contribution in [3.63, 3.8) is 0 Å². The first-order valence-electron chi connectivity index (χ1n) is 7.17. The fourth-order valence-corrected chi connectivity index (χ4v) is 3.13. The Morgan fingerprint density at radius 3 is 2.39 bits per heavy atom. The van der Waals surface area contributed by atoms with Crippen LogP contribution in [0.5, 0.6) is 5.75 Å². The van der Waals surface area contributed by atoms with E-state index in [9.17, 15) is 9.59 Å². The number of anilines is 1. The summed E-state index contributed by atoms with van der Waals surface area (Å²) >= 11 is 1.58. The van der Waals surface area contributed by atoms with Gasteiger partial charge in [0, 0.05) is 22.5 Å². The molecule has 0 aliphatic carbocycles. The average molecular weight is 332 g/mol. The molecule has 2 rings (SSSR count). The predicted molar refractivity (Wildman–Crippen MR) is 92.4 cm³/mol. The van der Waals surface area contributed by atoms with Gasteiger partial charge in [-0.3, -0.25) is 9.59 Å². The van der Waals surface area contributed by atoms with Gasteiger partial charge in [0.25, 0.3) is 5.91 Å². The molecule has 0 fully saturated rings. The molecule has 0 unspecified atom stereocenters. The lowest BCUT2D eigenvalue weighted by Gasteiger charge is -2.16. The Labute approximate surface area is 139 Å². The highest BCUT2D eigenvalue weighted by Gasteiger charge is 2.18. The van der Waals surface area contributed by atoms with Crippen LogP contribution in [0.1, 0.15) is 20.1 Å². The number of nitrogens with zero attached hydrogens (tertiary/aromatic N) is 1. The minimum atomic E-state index is -0.240. The largest absolute Gasteiger partial charge is 0.497 e. The summed E-state index contributed by atoms with van der Waals surface area (Å²) in [4.78, 5) is 27.9. The highest BCUT2D eigenvalue weighted by Crippen LogP contribution is 2.21. The first-order chi connectivity index (χ1) is 10.9. The fraction of sp³-hybridized carbons (Fsp3) is 0.294. The third kappa shape index (κ3) is 4.32. The molecular formula is C17H20N2O3S. The third-order valence-corrected chi connectivity index (χ3v) is 4.34. The summed E-state index contributed by atoms with van der Waals surface area (Å²) in [5.74, 6) is 0.339.